The first-order valence-electron chi connectivity index (χ1n) is 6.97. The van der Waals surface area contributed by atoms with E-state index in [1.54, 1.807) is 0 Å². The van der Waals surface area contributed by atoms with Crippen LogP contribution in [0.1, 0.15) is 50.8 Å². The van der Waals surface area contributed by atoms with Gasteiger partial charge in [-0.25, -0.2) is 4.98 Å². The molecule has 0 aliphatic heterocycles. The van der Waals surface area contributed by atoms with E-state index in [2.05, 4.69) is 29.7 Å². The second kappa shape index (κ2) is 6.89. The van der Waals surface area contributed by atoms with Crippen molar-refractivity contribution in [3.63, 3.8) is 0 Å². The molecule has 2 atom stereocenters. The van der Waals surface area contributed by atoms with Crippen LogP contribution < -0.4 is 0 Å². The van der Waals surface area contributed by atoms with Gasteiger partial charge in [0.25, 0.3) is 0 Å². The average molecular weight is 314 g/mol. The lowest BCUT2D eigenvalue weighted by atomic mass is 10.1. The van der Waals surface area contributed by atoms with E-state index < -0.39 is 5.97 Å². The van der Waals surface area contributed by atoms with Crippen LogP contribution in [0.15, 0.2) is 11.4 Å². The third-order valence-electron chi connectivity index (χ3n) is 3.76. The van der Waals surface area contributed by atoms with E-state index in [-0.39, 0.29) is 5.75 Å². The molecule has 1 saturated carbocycles. The summed E-state index contributed by atoms with van der Waals surface area (Å²) in [5.41, 5.74) is 1.23. The van der Waals surface area contributed by atoms with E-state index in [0.717, 1.165) is 16.8 Å². The van der Waals surface area contributed by atoms with Crippen LogP contribution in [0.3, 0.4) is 0 Å². The highest BCUT2D eigenvalue weighted by atomic mass is 32.2. The average Bonchev–Trinajstić information content (AvgIpc) is 3.02. The van der Waals surface area contributed by atoms with E-state index in [1.807, 2.05) is 18.0 Å². The van der Waals surface area contributed by atoms with Crippen LogP contribution in [0, 0.1) is 0 Å². The largest absolute Gasteiger partial charge is 0.481 e. The first kappa shape index (κ1) is 15.8. The molecule has 0 saturated heterocycles. The van der Waals surface area contributed by atoms with E-state index in [1.165, 1.54) is 30.3 Å². The predicted octanol–water partition coefficient (Wildman–Crippen LogP) is 3.64. The first-order chi connectivity index (χ1) is 9.52. The van der Waals surface area contributed by atoms with Crippen molar-refractivity contribution in [1.82, 2.24) is 9.55 Å². The fourth-order valence-corrected chi connectivity index (χ4v) is 4.31. The lowest BCUT2D eigenvalue weighted by molar-refractivity contribution is -0.133. The van der Waals surface area contributed by atoms with Crippen LogP contribution in [-0.2, 0) is 4.79 Å². The van der Waals surface area contributed by atoms with Crippen molar-refractivity contribution in [1.29, 1.82) is 0 Å². The quantitative estimate of drug-likeness (QED) is 0.812. The Morgan fingerprint density at radius 1 is 1.55 bits per heavy atom. The Hall–Kier alpha value is -0.620. The van der Waals surface area contributed by atoms with Gasteiger partial charge in [0.2, 0.25) is 0 Å². The maximum Gasteiger partial charge on any atom is 0.313 e. The van der Waals surface area contributed by atoms with Crippen LogP contribution in [0.4, 0.5) is 0 Å². The van der Waals surface area contributed by atoms with Gasteiger partial charge in [-0.15, -0.1) is 0 Å². The molecule has 1 aromatic rings. The van der Waals surface area contributed by atoms with Gasteiger partial charge >= 0.3 is 5.97 Å². The number of nitrogens with zero attached hydrogens (tertiary/aromatic N) is 2. The third kappa shape index (κ3) is 3.52. The Labute approximate surface area is 128 Å². The molecule has 112 valence electrons. The first-order valence-corrected chi connectivity index (χ1v) is 9.24. The van der Waals surface area contributed by atoms with Crippen LogP contribution in [-0.4, -0.2) is 37.9 Å². The van der Waals surface area contributed by atoms with E-state index in [0.29, 0.717) is 12.0 Å². The molecule has 1 heterocycles. The summed E-state index contributed by atoms with van der Waals surface area (Å²) in [5, 5.41) is 10.5. The summed E-state index contributed by atoms with van der Waals surface area (Å²) in [6.07, 6.45) is 7.66. The molecular weight excluding hydrogens is 292 g/mol. The lowest BCUT2D eigenvalue weighted by Crippen LogP contribution is -2.13. The molecular formula is C14H22N2O2S2. The molecule has 0 radical (unpaired) electrons. The van der Waals surface area contributed by atoms with Gasteiger partial charge in [0.15, 0.2) is 5.16 Å². The van der Waals surface area contributed by atoms with Gasteiger partial charge in [0.05, 0.1) is 5.75 Å². The second-order valence-corrected chi connectivity index (χ2v) is 7.58. The number of carboxylic acids is 1. The van der Waals surface area contributed by atoms with Gasteiger partial charge in [-0.2, -0.15) is 11.8 Å². The molecule has 1 aromatic heterocycles. The van der Waals surface area contributed by atoms with Crippen molar-refractivity contribution < 1.29 is 9.90 Å². The number of rotatable bonds is 6. The summed E-state index contributed by atoms with van der Waals surface area (Å²) in [5.74, 6) is -0.299. The van der Waals surface area contributed by atoms with Crippen molar-refractivity contribution in [2.24, 2.45) is 0 Å². The fraction of sp³-hybridized carbons (Fsp3) is 0.714. The Bertz CT molecular complexity index is 474. The smallest absolute Gasteiger partial charge is 0.313 e. The maximum atomic E-state index is 10.8. The van der Waals surface area contributed by atoms with Gasteiger partial charge < -0.3 is 9.67 Å². The number of aromatic nitrogens is 2. The normalized spacial score (nSPS) is 22.6. The van der Waals surface area contributed by atoms with E-state index in [4.69, 9.17) is 5.11 Å². The maximum absolute atomic E-state index is 10.8. The molecule has 0 aromatic carbocycles. The lowest BCUT2D eigenvalue weighted by Gasteiger charge is -2.20. The number of carboxylic acid groups (broad SMARTS) is 1. The molecule has 1 fully saturated rings. The number of hydrogen-bond donors (Lipinski definition) is 1. The highest BCUT2D eigenvalue weighted by Crippen LogP contribution is 2.40. The van der Waals surface area contributed by atoms with Crippen molar-refractivity contribution in [2.75, 3.05) is 12.0 Å². The minimum Gasteiger partial charge on any atom is -0.481 e. The summed E-state index contributed by atoms with van der Waals surface area (Å²) in [6.45, 7) is 4.33. The number of thioether (sulfide) groups is 2. The van der Waals surface area contributed by atoms with Gasteiger partial charge in [-0.3, -0.25) is 4.79 Å². The standard InChI is InChI=1S/C14H22N2O2S2/c1-9(2)12-7-15-14(20-8-13(17)18)16(12)10-4-5-11(6-10)19-3/h7,9-11H,4-6,8H2,1-3H3,(H,17,18). The van der Waals surface area contributed by atoms with Crippen LogP contribution in [0.2, 0.25) is 0 Å². The van der Waals surface area contributed by atoms with E-state index in [9.17, 15) is 4.79 Å². The van der Waals surface area contributed by atoms with Gasteiger partial charge in [0, 0.05) is 23.2 Å². The SMILES string of the molecule is CSC1CCC(n2c(C(C)C)cnc2SCC(=O)O)C1. The van der Waals surface area contributed by atoms with Crippen molar-refractivity contribution in [3.8, 4) is 0 Å². The molecule has 1 N–H and O–H groups in total. The van der Waals surface area contributed by atoms with Gasteiger partial charge in [-0.1, -0.05) is 25.6 Å². The molecule has 2 unspecified atom stereocenters. The van der Waals surface area contributed by atoms with Crippen molar-refractivity contribution >= 4 is 29.5 Å². The monoisotopic (exact) mass is 314 g/mol. The Morgan fingerprint density at radius 2 is 2.30 bits per heavy atom. The third-order valence-corrected chi connectivity index (χ3v) is 5.81. The van der Waals surface area contributed by atoms with Gasteiger partial charge in [-0.05, 0) is 31.4 Å². The molecule has 20 heavy (non-hydrogen) atoms. The van der Waals surface area contributed by atoms with Gasteiger partial charge in [0.1, 0.15) is 0 Å². The minimum absolute atomic E-state index is 0.0766. The number of carbonyl (C=O) groups is 1. The van der Waals surface area contributed by atoms with Crippen LogP contribution in [0.25, 0.3) is 0 Å². The fourth-order valence-electron chi connectivity index (χ4n) is 2.75. The topological polar surface area (TPSA) is 55.1 Å². The van der Waals surface area contributed by atoms with Crippen molar-refractivity contribution in [3.05, 3.63) is 11.9 Å². The zero-order valence-electron chi connectivity index (χ0n) is 12.2. The molecule has 0 spiro atoms. The predicted molar refractivity (Wildman–Crippen MR) is 84.9 cm³/mol. The summed E-state index contributed by atoms with van der Waals surface area (Å²) in [6, 6.07) is 0.476. The number of aliphatic carboxylic acids is 1. The second-order valence-electron chi connectivity index (χ2n) is 5.50. The number of imidazole rings is 1. The summed E-state index contributed by atoms with van der Waals surface area (Å²) >= 11 is 3.27. The number of hydrogen-bond acceptors (Lipinski definition) is 4. The van der Waals surface area contributed by atoms with Crippen LogP contribution in [0.5, 0.6) is 0 Å². The molecule has 1 aliphatic rings. The summed E-state index contributed by atoms with van der Waals surface area (Å²) in [4.78, 5) is 15.2. The van der Waals surface area contributed by atoms with E-state index >= 15 is 0 Å². The summed E-state index contributed by atoms with van der Waals surface area (Å²) in [7, 11) is 0. The molecule has 4 nitrogen and oxygen atoms in total. The molecule has 0 bridgehead atoms. The summed E-state index contributed by atoms with van der Waals surface area (Å²) < 4.78 is 2.30. The minimum atomic E-state index is -0.788. The van der Waals surface area contributed by atoms with Crippen molar-refractivity contribution in [2.45, 2.75) is 55.5 Å². The highest BCUT2D eigenvalue weighted by Gasteiger charge is 2.29. The Balaban J connectivity index is 2.23. The molecule has 1 aliphatic carbocycles. The Kier molecular flexibility index (Phi) is 5.43. The zero-order valence-corrected chi connectivity index (χ0v) is 13.8. The van der Waals surface area contributed by atoms with Crippen LogP contribution >= 0.6 is 23.5 Å². The highest BCUT2D eigenvalue weighted by molar-refractivity contribution is 7.99. The molecule has 2 rings (SSSR count). The zero-order chi connectivity index (χ0) is 14.7. The Morgan fingerprint density at radius 3 is 2.85 bits per heavy atom. The molecule has 0 amide bonds. The molecule has 6 heteroatoms.